The van der Waals surface area contributed by atoms with E-state index >= 15 is 0 Å². The Morgan fingerprint density at radius 1 is 1.19 bits per heavy atom. The van der Waals surface area contributed by atoms with Gasteiger partial charge in [0.2, 0.25) is 5.91 Å². The van der Waals surface area contributed by atoms with Crippen LogP contribution in [0, 0.1) is 0 Å². The SMILES string of the molecule is O=C(Cc1cc(=O)[nH]c(=O)[nH]1)N1CCC2(CC1)OCCO2. The van der Waals surface area contributed by atoms with Crippen molar-refractivity contribution in [2.45, 2.75) is 25.0 Å². The standard InChI is InChI=1S/C13H17N3O5/c17-10-7-9(14-12(19)15-10)8-11(18)16-3-1-13(2-4-16)20-5-6-21-13/h7H,1-6,8H2,(H2,14,15,17,19). The van der Waals surface area contributed by atoms with E-state index in [2.05, 4.69) is 9.97 Å². The minimum Gasteiger partial charge on any atom is -0.347 e. The summed E-state index contributed by atoms with van der Waals surface area (Å²) < 4.78 is 11.2. The lowest BCUT2D eigenvalue weighted by molar-refractivity contribution is -0.187. The second kappa shape index (κ2) is 5.45. The van der Waals surface area contributed by atoms with Gasteiger partial charge in [0.15, 0.2) is 5.79 Å². The van der Waals surface area contributed by atoms with Crippen LogP contribution in [0.4, 0.5) is 0 Å². The molecular weight excluding hydrogens is 278 g/mol. The third kappa shape index (κ3) is 3.06. The number of ether oxygens (including phenoxy) is 2. The normalized spacial score (nSPS) is 20.9. The van der Waals surface area contributed by atoms with Crippen LogP contribution in [0.2, 0.25) is 0 Å². The Morgan fingerprint density at radius 3 is 2.48 bits per heavy atom. The highest BCUT2D eigenvalue weighted by molar-refractivity contribution is 5.78. The summed E-state index contributed by atoms with van der Waals surface area (Å²) in [7, 11) is 0. The molecule has 1 amide bonds. The number of likely N-dealkylation sites (tertiary alicyclic amines) is 1. The van der Waals surface area contributed by atoms with Gasteiger partial charge in [-0.2, -0.15) is 0 Å². The molecule has 2 aliphatic heterocycles. The smallest absolute Gasteiger partial charge is 0.325 e. The molecule has 1 spiro atoms. The maximum absolute atomic E-state index is 12.2. The molecular formula is C13H17N3O5. The highest BCUT2D eigenvalue weighted by atomic mass is 16.7. The fourth-order valence-corrected chi connectivity index (χ4v) is 2.77. The molecule has 114 valence electrons. The maximum Gasteiger partial charge on any atom is 0.325 e. The van der Waals surface area contributed by atoms with Crippen LogP contribution < -0.4 is 11.2 Å². The Labute approximate surface area is 120 Å². The van der Waals surface area contributed by atoms with Crippen LogP contribution >= 0.6 is 0 Å². The molecule has 0 aliphatic carbocycles. The number of piperidine rings is 1. The van der Waals surface area contributed by atoms with E-state index in [-0.39, 0.29) is 12.3 Å². The number of amides is 1. The molecule has 0 unspecified atom stereocenters. The second-order valence-corrected chi connectivity index (χ2v) is 5.28. The van der Waals surface area contributed by atoms with Crippen molar-refractivity contribution in [3.8, 4) is 0 Å². The number of carbonyl (C=O) groups excluding carboxylic acids is 1. The number of hydrogen-bond donors (Lipinski definition) is 2. The molecule has 0 atom stereocenters. The molecule has 0 radical (unpaired) electrons. The van der Waals surface area contributed by atoms with Crippen LogP contribution in [0.5, 0.6) is 0 Å². The monoisotopic (exact) mass is 295 g/mol. The first-order valence-electron chi connectivity index (χ1n) is 6.95. The minimum absolute atomic E-state index is 0.00781. The number of rotatable bonds is 2. The van der Waals surface area contributed by atoms with Gasteiger partial charge in [-0.3, -0.25) is 14.6 Å². The van der Waals surface area contributed by atoms with Crippen LogP contribution in [-0.2, 0) is 20.7 Å². The van der Waals surface area contributed by atoms with Crippen molar-refractivity contribution in [2.75, 3.05) is 26.3 Å². The van der Waals surface area contributed by atoms with Gasteiger partial charge in [0.25, 0.3) is 5.56 Å². The zero-order chi connectivity index (χ0) is 14.9. The molecule has 0 saturated carbocycles. The zero-order valence-corrected chi connectivity index (χ0v) is 11.5. The van der Waals surface area contributed by atoms with E-state index in [4.69, 9.17) is 9.47 Å². The molecule has 2 aliphatic rings. The van der Waals surface area contributed by atoms with Gasteiger partial charge in [0.1, 0.15) is 0 Å². The molecule has 0 aromatic carbocycles. The van der Waals surface area contributed by atoms with Crippen molar-refractivity contribution in [2.24, 2.45) is 0 Å². The number of carbonyl (C=O) groups is 1. The van der Waals surface area contributed by atoms with Gasteiger partial charge in [-0.15, -0.1) is 0 Å². The Hall–Kier alpha value is -1.93. The van der Waals surface area contributed by atoms with Crippen molar-refractivity contribution in [3.05, 3.63) is 32.6 Å². The largest absolute Gasteiger partial charge is 0.347 e. The van der Waals surface area contributed by atoms with Crippen molar-refractivity contribution in [3.63, 3.8) is 0 Å². The molecule has 2 N–H and O–H groups in total. The average molecular weight is 295 g/mol. The van der Waals surface area contributed by atoms with Crippen molar-refractivity contribution in [1.82, 2.24) is 14.9 Å². The molecule has 2 fully saturated rings. The maximum atomic E-state index is 12.2. The zero-order valence-electron chi connectivity index (χ0n) is 11.5. The summed E-state index contributed by atoms with van der Waals surface area (Å²) in [6.07, 6.45) is 1.29. The molecule has 0 bridgehead atoms. The van der Waals surface area contributed by atoms with Gasteiger partial charge in [0.05, 0.1) is 19.6 Å². The van der Waals surface area contributed by atoms with Crippen LogP contribution in [0.25, 0.3) is 0 Å². The van der Waals surface area contributed by atoms with Crippen LogP contribution in [0.1, 0.15) is 18.5 Å². The first-order valence-corrected chi connectivity index (χ1v) is 6.95. The number of H-pyrrole nitrogens is 2. The Balaban J connectivity index is 1.61. The summed E-state index contributed by atoms with van der Waals surface area (Å²) >= 11 is 0. The highest BCUT2D eigenvalue weighted by Gasteiger charge is 2.40. The summed E-state index contributed by atoms with van der Waals surface area (Å²) in [6, 6.07) is 1.23. The number of hydrogen-bond acceptors (Lipinski definition) is 5. The van der Waals surface area contributed by atoms with E-state index in [0.29, 0.717) is 44.8 Å². The van der Waals surface area contributed by atoms with E-state index < -0.39 is 17.0 Å². The molecule has 8 nitrogen and oxygen atoms in total. The third-order valence-electron chi connectivity index (χ3n) is 3.85. The van der Waals surface area contributed by atoms with Crippen molar-refractivity contribution in [1.29, 1.82) is 0 Å². The molecule has 1 aromatic rings. The molecule has 1 aromatic heterocycles. The average Bonchev–Trinajstić information content (AvgIpc) is 2.86. The lowest BCUT2D eigenvalue weighted by Gasteiger charge is -2.37. The summed E-state index contributed by atoms with van der Waals surface area (Å²) in [5.74, 6) is -0.640. The lowest BCUT2D eigenvalue weighted by atomic mass is 10.0. The quantitative estimate of drug-likeness (QED) is 0.726. The Kier molecular flexibility index (Phi) is 3.64. The molecule has 21 heavy (non-hydrogen) atoms. The lowest BCUT2D eigenvalue weighted by Crippen LogP contribution is -2.47. The van der Waals surface area contributed by atoms with E-state index in [1.807, 2.05) is 0 Å². The Bertz CT molecular complexity index is 605. The fraction of sp³-hybridized carbons (Fsp3) is 0.615. The van der Waals surface area contributed by atoms with Crippen molar-refractivity contribution >= 4 is 5.91 Å². The predicted octanol–water partition coefficient (Wildman–Crippen LogP) is -1.03. The minimum atomic E-state index is -0.601. The van der Waals surface area contributed by atoms with Gasteiger partial charge in [-0.05, 0) is 0 Å². The molecule has 2 saturated heterocycles. The van der Waals surface area contributed by atoms with Crippen LogP contribution in [0.15, 0.2) is 15.7 Å². The fourth-order valence-electron chi connectivity index (χ4n) is 2.77. The van der Waals surface area contributed by atoms with E-state index in [1.54, 1.807) is 4.90 Å². The molecule has 8 heteroatoms. The second-order valence-electron chi connectivity index (χ2n) is 5.28. The van der Waals surface area contributed by atoms with E-state index in [1.165, 1.54) is 6.07 Å². The summed E-state index contributed by atoms with van der Waals surface area (Å²) in [5.41, 5.74) is -0.787. The number of nitrogens with zero attached hydrogens (tertiary/aromatic N) is 1. The van der Waals surface area contributed by atoms with Gasteiger partial charge in [0, 0.05) is 37.7 Å². The summed E-state index contributed by atoms with van der Waals surface area (Å²) in [5, 5.41) is 0. The van der Waals surface area contributed by atoms with Gasteiger partial charge in [-0.25, -0.2) is 4.79 Å². The van der Waals surface area contributed by atoms with Crippen LogP contribution in [-0.4, -0.2) is 52.9 Å². The predicted molar refractivity (Wildman–Crippen MR) is 71.8 cm³/mol. The number of nitrogens with one attached hydrogen (secondary N) is 2. The number of aromatic nitrogens is 2. The molecule has 3 rings (SSSR count). The Morgan fingerprint density at radius 2 is 1.86 bits per heavy atom. The van der Waals surface area contributed by atoms with Gasteiger partial charge >= 0.3 is 5.69 Å². The topological polar surface area (TPSA) is 104 Å². The van der Waals surface area contributed by atoms with Crippen LogP contribution in [0.3, 0.4) is 0 Å². The third-order valence-corrected chi connectivity index (χ3v) is 3.85. The van der Waals surface area contributed by atoms with Gasteiger partial charge < -0.3 is 19.4 Å². The first-order chi connectivity index (χ1) is 10.1. The summed E-state index contributed by atoms with van der Waals surface area (Å²) in [4.78, 5) is 40.8. The van der Waals surface area contributed by atoms with E-state index in [0.717, 1.165) is 0 Å². The molecule has 3 heterocycles. The summed E-state index contributed by atoms with van der Waals surface area (Å²) in [6.45, 7) is 2.29. The first kappa shape index (κ1) is 14.0. The highest BCUT2D eigenvalue weighted by Crippen LogP contribution is 2.31. The van der Waals surface area contributed by atoms with Gasteiger partial charge in [-0.1, -0.05) is 0 Å². The van der Waals surface area contributed by atoms with Crippen molar-refractivity contribution < 1.29 is 14.3 Å². The number of aromatic amines is 2. The van der Waals surface area contributed by atoms with E-state index in [9.17, 15) is 14.4 Å².